The van der Waals surface area contributed by atoms with Gasteiger partial charge in [-0.15, -0.1) is 0 Å². The average Bonchev–Trinajstić information content (AvgIpc) is 1.57. The quantitative estimate of drug-likeness (QED) is 0.0545. The topological polar surface area (TPSA) is 317 Å². The van der Waals surface area contributed by atoms with Gasteiger partial charge in [-0.05, 0) is 212 Å². The fourth-order valence-electron chi connectivity index (χ4n) is 19.7. The Hall–Kier alpha value is -7.42. The van der Waals surface area contributed by atoms with Crippen LogP contribution in [0.2, 0.25) is 10.0 Å². The van der Waals surface area contributed by atoms with Gasteiger partial charge in [-0.1, -0.05) is 101 Å². The maximum absolute atomic E-state index is 15.0. The molecular weight excluding hydrogens is 1560 g/mol. The fourth-order valence-corrected chi connectivity index (χ4v) is 23.0. The van der Waals surface area contributed by atoms with Crippen LogP contribution in [0, 0.1) is 81.8 Å². The molecule has 2 saturated heterocycles. The number of hydrogen-bond donors (Lipinski definition) is 2. The van der Waals surface area contributed by atoms with Crippen molar-refractivity contribution in [2.45, 2.75) is 255 Å². The lowest BCUT2D eigenvalue weighted by Gasteiger charge is -2.32. The molecule has 116 heavy (non-hydrogen) atoms. The van der Waals surface area contributed by atoms with Crippen LogP contribution in [0.4, 0.5) is 0 Å². The van der Waals surface area contributed by atoms with E-state index in [4.69, 9.17) is 51.6 Å². The first-order valence-electron chi connectivity index (χ1n) is 42.8. The maximum Gasteiger partial charge on any atom is 0.306 e. The molecular formula is C88H112Cl2N6O18S2. The molecule has 28 heteroatoms. The number of allylic oxidation sites excluding steroid dienone is 4. The highest BCUT2D eigenvalue weighted by Crippen LogP contribution is 2.60. The van der Waals surface area contributed by atoms with Crippen molar-refractivity contribution in [3.63, 3.8) is 0 Å². The Labute approximate surface area is 690 Å². The molecule has 20 atom stereocenters. The zero-order valence-corrected chi connectivity index (χ0v) is 70.5. The number of fused-ring (bicyclic) bond motifs is 8. The zero-order valence-electron chi connectivity index (χ0n) is 67.4. The molecule has 12 aliphatic rings. The lowest BCUT2D eigenvalue weighted by molar-refractivity contribution is -0.155. The smallest absolute Gasteiger partial charge is 0.306 e. The Kier molecular flexibility index (Phi) is 24.8. The van der Waals surface area contributed by atoms with Crippen molar-refractivity contribution in [2.75, 3.05) is 26.3 Å². The van der Waals surface area contributed by atoms with Crippen LogP contribution < -0.4 is 28.4 Å². The van der Waals surface area contributed by atoms with Crippen LogP contribution in [-0.4, -0.2) is 157 Å². The summed E-state index contributed by atoms with van der Waals surface area (Å²) in [4.78, 5) is 127. The number of rotatable bonds is 22. The van der Waals surface area contributed by atoms with E-state index in [1.807, 2.05) is 64.1 Å². The van der Waals surface area contributed by atoms with E-state index in [0.29, 0.717) is 132 Å². The number of Topliss-reactive ketones (excluding diaryl/α,β-unsaturated/α-hetero) is 2. The van der Waals surface area contributed by atoms with Crippen molar-refractivity contribution in [3.8, 4) is 23.5 Å². The summed E-state index contributed by atoms with van der Waals surface area (Å²) < 4.78 is 93.5. The molecule has 6 heterocycles. The van der Waals surface area contributed by atoms with E-state index in [1.165, 1.54) is 12.8 Å². The van der Waals surface area contributed by atoms with Crippen LogP contribution in [0.5, 0.6) is 23.5 Å². The molecule has 2 N–H and O–H groups in total. The zero-order chi connectivity index (χ0) is 81.9. The van der Waals surface area contributed by atoms with E-state index in [0.717, 1.165) is 64.2 Å². The van der Waals surface area contributed by atoms with Crippen LogP contribution in [0.3, 0.4) is 0 Å². The van der Waals surface area contributed by atoms with Gasteiger partial charge in [0, 0.05) is 69.4 Å². The number of ketones is 2. The van der Waals surface area contributed by atoms with Crippen molar-refractivity contribution in [3.05, 3.63) is 82.9 Å². The monoisotopic (exact) mass is 1670 g/mol. The predicted octanol–water partition coefficient (Wildman–Crippen LogP) is 13.9. The molecule has 0 spiro atoms. The summed E-state index contributed by atoms with van der Waals surface area (Å²) >= 11 is 13.3. The third-order valence-electron chi connectivity index (χ3n) is 27.1. The summed E-state index contributed by atoms with van der Waals surface area (Å²) in [6.07, 6.45) is 20.4. The Morgan fingerprint density at radius 1 is 0.509 bits per heavy atom. The summed E-state index contributed by atoms with van der Waals surface area (Å²) in [6.45, 7) is 13.2. The number of pyridine rings is 2. The van der Waals surface area contributed by atoms with E-state index in [9.17, 15) is 45.6 Å². The highest BCUT2D eigenvalue weighted by atomic mass is 35.5. The number of ether oxygens (including phenoxy) is 6. The van der Waals surface area contributed by atoms with E-state index in [-0.39, 0.29) is 134 Å². The van der Waals surface area contributed by atoms with Gasteiger partial charge in [-0.3, -0.25) is 47.8 Å². The van der Waals surface area contributed by atoms with Gasteiger partial charge in [0.2, 0.25) is 67.2 Å². The van der Waals surface area contributed by atoms with Gasteiger partial charge in [0.1, 0.15) is 24.4 Å². The van der Waals surface area contributed by atoms with E-state index < -0.39 is 101 Å². The van der Waals surface area contributed by atoms with Gasteiger partial charge in [0.15, 0.2) is 11.6 Å². The number of hydrogen-bond acceptors (Lipinski definition) is 20. The third-order valence-corrected chi connectivity index (χ3v) is 31.4. The molecule has 0 bridgehead atoms. The number of halogens is 2. The van der Waals surface area contributed by atoms with Crippen molar-refractivity contribution < 1.29 is 83.6 Å². The third kappa shape index (κ3) is 18.9. The summed E-state index contributed by atoms with van der Waals surface area (Å²) in [7, 11) is -7.72. The fraction of sp³-hybridized carbons (Fsp3) is 0.659. The molecule has 24 nitrogen and oxygen atoms in total. The summed E-state index contributed by atoms with van der Waals surface area (Å²) in [5.41, 5.74) is -2.51. The summed E-state index contributed by atoms with van der Waals surface area (Å²) in [6, 6.07) is 12.4. The number of carbonyl (C=O) groups is 8. The predicted molar refractivity (Wildman–Crippen MR) is 435 cm³/mol. The van der Waals surface area contributed by atoms with E-state index >= 15 is 9.59 Å². The Bertz CT molecular complexity index is 4450. The van der Waals surface area contributed by atoms with E-state index in [1.54, 1.807) is 46.2 Å². The average molecular weight is 1680 g/mol. The number of carbonyl (C=O) groups excluding carboxylic acids is 8. The van der Waals surface area contributed by atoms with Crippen LogP contribution >= 0.6 is 23.2 Å². The minimum atomic E-state index is -3.86. The standard InChI is InChI=1S/2C44H56ClN3O9S/c2*1-4-14-55-39-20-35-33(10-7-11-36(35)45)41(46-39)57-31-19-37-38(49)23-44(43(52)47-58(53,54)32-12-13-32)22-29(44)9-6-5-8-25(2)15-26(3)34(42(51)48(37)24-31)21-40(50)56-30-17-27-16-28(27)18-30/h2*6-7,9-11,20,25-32,34,37H,4-5,8,12-19,21-24H2,1-3H3,(H,47,52)/b2*9-6-/t25-,26+,27-,28?,29+,30?,31+,34-,37-,44+;25-,26-,27+,28?,29-,30?,31-,34+,37+,44-/m01/s1. The highest BCUT2D eigenvalue weighted by molar-refractivity contribution is 7.91. The largest absolute Gasteiger partial charge is 0.478 e. The van der Waals surface area contributed by atoms with Gasteiger partial charge in [-0.25, -0.2) is 16.8 Å². The van der Waals surface area contributed by atoms with Crippen LogP contribution in [0.15, 0.2) is 72.8 Å². The highest BCUT2D eigenvalue weighted by Gasteiger charge is 2.64. The molecule has 4 aromatic rings. The van der Waals surface area contributed by atoms with Gasteiger partial charge >= 0.3 is 11.9 Å². The number of benzene rings is 2. The van der Waals surface area contributed by atoms with Crippen LogP contribution in [-0.2, 0) is 67.9 Å². The van der Waals surface area contributed by atoms with Gasteiger partial charge in [0.25, 0.3) is 0 Å². The Morgan fingerprint density at radius 3 is 1.27 bits per heavy atom. The van der Waals surface area contributed by atoms with Crippen molar-refractivity contribution >= 4 is 112 Å². The molecule has 2 aromatic heterocycles. The molecule has 4 unspecified atom stereocenters. The second kappa shape index (κ2) is 34.4. The molecule has 10 fully saturated rings. The first-order valence-corrected chi connectivity index (χ1v) is 46.6. The molecule has 628 valence electrons. The molecule has 4 amide bonds. The number of nitrogens with zero attached hydrogens (tertiary/aromatic N) is 4. The molecule has 16 rings (SSSR count). The second-order valence-electron chi connectivity index (χ2n) is 36.4. The first kappa shape index (κ1) is 83.6. The van der Waals surface area contributed by atoms with Crippen LogP contribution in [0.25, 0.3) is 21.5 Å². The van der Waals surface area contributed by atoms with Gasteiger partial charge in [0.05, 0.1) is 84.4 Å². The normalized spacial score (nSPS) is 34.2. The molecule has 8 saturated carbocycles. The number of aromatic nitrogens is 2. The summed E-state index contributed by atoms with van der Waals surface area (Å²) in [5.74, 6) is -1.89. The van der Waals surface area contributed by atoms with E-state index in [2.05, 4.69) is 33.3 Å². The number of sulfonamides is 2. The molecule has 8 aliphatic carbocycles. The summed E-state index contributed by atoms with van der Waals surface area (Å²) in [5, 5.41) is 2.43. The first-order chi connectivity index (χ1) is 55.5. The van der Waals surface area contributed by atoms with Crippen LogP contribution in [0.1, 0.15) is 208 Å². The van der Waals surface area contributed by atoms with Crippen molar-refractivity contribution in [1.82, 2.24) is 29.2 Å². The molecule has 0 radical (unpaired) electrons. The molecule has 4 aliphatic heterocycles. The van der Waals surface area contributed by atoms with Crippen molar-refractivity contribution in [1.29, 1.82) is 0 Å². The molecule has 2 aromatic carbocycles. The number of nitrogens with one attached hydrogen (secondary N) is 2. The SMILES string of the molecule is CCCOc1cc2c(Cl)cccc2c(O[C@@H]2C[C@H]3C(=O)C[C@]4(C(=O)NS(=O)(=O)C5CC5)C[C@H]4/C=C\CC[C@@H](C)C[C@@H](C)[C@H](CC(=O)OC4CC5C[C@H]5C4)C(=O)N3C2)n1.CCCOc1cc2c(Cl)cccc2c(O[C@@H]2C[C@H]3C(=O)C[C@]4(C(=O)NS(=O)(=O)C5CC5)C[C@H]4/C=C\CC[C@H](C)C[C@@H](C)[C@H](CC(=O)OC4CC5C[C@H]5C4)C(=O)N3C2)n1. The van der Waals surface area contributed by atoms with Gasteiger partial charge in [-0.2, -0.15) is 9.97 Å². The Morgan fingerprint density at radius 2 is 0.897 bits per heavy atom. The lowest BCUT2D eigenvalue weighted by atomic mass is 9.82. The maximum atomic E-state index is 15.0. The Balaban J connectivity index is 0.000000182. The second-order valence-corrected chi connectivity index (χ2v) is 41.1. The number of esters is 2. The lowest BCUT2D eigenvalue weighted by Crippen LogP contribution is -2.47. The van der Waals surface area contributed by atoms with Crippen molar-refractivity contribution in [2.24, 2.45) is 81.8 Å². The minimum Gasteiger partial charge on any atom is -0.478 e. The number of amides is 4. The minimum absolute atomic E-state index is 0.0391. The van der Waals surface area contributed by atoms with Gasteiger partial charge < -0.3 is 38.2 Å².